The maximum absolute atomic E-state index is 3.88. The number of rotatable bonds is 2. The molecule has 0 saturated carbocycles. The SMILES string of the molecule is c1ccc2c(c1)[nH]c1c3[nH]c4ccccc4n3c3cc(-n4c5ccccc5c5ccccc54)ccc3c3ccc(-n4c5ccccc5c5ccccc54)cc3n21. The highest BCUT2D eigenvalue weighted by atomic mass is 15.1. The van der Waals surface area contributed by atoms with E-state index in [1.165, 1.54) is 43.6 Å². The van der Waals surface area contributed by atoms with Crippen molar-refractivity contribution < 1.29 is 0 Å². The van der Waals surface area contributed by atoms with Crippen molar-refractivity contribution in [2.24, 2.45) is 0 Å². The second kappa shape index (κ2) is 10.9. The van der Waals surface area contributed by atoms with Gasteiger partial charge in [0.05, 0.1) is 55.2 Å². The highest BCUT2D eigenvalue weighted by molar-refractivity contribution is 6.13. The largest absolute Gasteiger partial charge is 0.337 e. The highest BCUT2D eigenvalue weighted by Crippen LogP contribution is 2.38. The first-order valence-electron chi connectivity index (χ1n) is 19.1. The third-order valence-electron chi connectivity index (χ3n) is 11.9. The molecule has 0 unspecified atom stereocenters. The van der Waals surface area contributed by atoms with Gasteiger partial charge in [0, 0.05) is 43.7 Å². The average molecular weight is 717 g/mol. The lowest BCUT2D eigenvalue weighted by Crippen LogP contribution is -1.99. The summed E-state index contributed by atoms with van der Waals surface area (Å²) in [5.74, 6) is 0. The smallest absolute Gasteiger partial charge is 0.158 e. The minimum absolute atomic E-state index is 0.982. The van der Waals surface area contributed by atoms with E-state index in [-0.39, 0.29) is 0 Å². The van der Waals surface area contributed by atoms with Gasteiger partial charge in [0.15, 0.2) is 11.3 Å². The molecule has 5 heterocycles. The Bertz CT molecular complexity index is 3480. The van der Waals surface area contributed by atoms with Crippen molar-refractivity contribution in [2.45, 2.75) is 0 Å². The molecule has 0 atom stereocenters. The van der Waals surface area contributed by atoms with Crippen LogP contribution in [0.4, 0.5) is 0 Å². The number of benzene rings is 8. The van der Waals surface area contributed by atoms with Crippen molar-refractivity contribution in [1.29, 1.82) is 0 Å². The van der Waals surface area contributed by atoms with Gasteiger partial charge in [-0.2, -0.15) is 0 Å². The number of hydrogen-bond donors (Lipinski definition) is 2. The predicted octanol–water partition coefficient (Wildman–Crippen LogP) is 12.8. The summed E-state index contributed by atoms with van der Waals surface area (Å²) in [6, 6.07) is 66.1. The van der Waals surface area contributed by atoms with Crippen LogP contribution in [0.25, 0.3) is 110 Å². The lowest BCUT2D eigenvalue weighted by Gasteiger charge is -2.14. The Morgan fingerprint density at radius 2 is 0.571 bits per heavy atom. The van der Waals surface area contributed by atoms with Crippen LogP contribution in [0.5, 0.6) is 0 Å². The van der Waals surface area contributed by atoms with Crippen LogP contribution in [0.15, 0.2) is 182 Å². The Balaban J connectivity index is 1.25. The lowest BCUT2D eigenvalue weighted by molar-refractivity contribution is 1.17. The second-order valence-corrected chi connectivity index (χ2v) is 14.8. The number of nitrogens with one attached hydrogen (secondary N) is 2. The summed E-state index contributed by atoms with van der Waals surface area (Å²) >= 11 is 0. The molecule has 0 saturated heterocycles. The Labute approximate surface area is 319 Å². The molecule has 0 aliphatic rings. The van der Waals surface area contributed by atoms with Crippen LogP contribution in [0, 0.1) is 0 Å². The van der Waals surface area contributed by atoms with E-state index in [9.17, 15) is 0 Å². The molecule has 6 nitrogen and oxygen atoms in total. The van der Waals surface area contributed by atoms with Crippen molar-refractivity contribution in [3.8, 4) is 11.4 Å². The van der Waals surface area contributed by atoms with E-state index < -0.39 is 0 Å². The Kier molecular flexibility index (Phi) is 5.80. The summed E-state index contributed by atoms with van der Waals surface area (Å²) < 4.78 is 9.64. The van der Waals surface area contributed by atoms with Crippen molar-refractivity contribution in [1.82, 2.24) is 27.9 Å². The van der Waals surface area contributed by atoms with Crippen LogP contribution in [0.3, 0.4) is 0 Å². The lowest BCUT2D eigenvalue weighted by atomic mass is 10.1. The quantitative estimate of drug-likeness (QED) is 0.179. The molecule has 56 heavy (non-hydrogen) atoms. The molecule has 8 aromatic carbocycles. The maximum Gasteiger partial charge on any atom is 0.158 e. The van der Waals surface area contributed by atoms with Gasteiger partial charge >= 0.3 is 0 Å². The first kappa shape index (κ1) is 29.7. The minimum Gasteiger partial charge on any atom is -0.337 e. The predicted molar refractivity (Wildman–Crippen MR) is 233 cm³/mol. The molecule has 262 valence electrons. The minimum atomic E-state index is 0.982. The highest BCUT2D eigenvalue weighted by Gasteiger charge is 2.19. The zero-order valence-electron chi connectivity index (χ0n) is 30.1. The molecule has 0 radical (unpaired) electrons. The van der Waals surface area contributed by atoms with Gasteiger partial charge < -0.3 is 19.1 Å². The molecule has 6 heteroatoms. The zero-order chi connectivity index (χ0) is 36.5. The molecule has 0 bridgehead atoms. The number of aromatic amines is 2. The Morgan fingerprint density at radius 1 is 0.268 bits per heavy atom. The number of aromatic nitrogens is 6. The fourth-order valence-electron chi connectivity index (χ4n) is 9.53. The third kappa shape index (κ3) is 3.89. The van der Waals surface area contributed by atoms with Crippen LogP contribution < -0.4 is 0 Å². The van der Waals surface area contributed by atoms with Crippen molar-refractivity contribution in [3.63, 3.8) is 0 Å². The average Bonchev–Trinajstić information content (AvgIpc) is 4.01. The Hall–Kier alpha value is -7.70. The zero-order valence-corrected chi connectivity index (χ0v) is 30.1. The first-order valence-corrected chi connectivity index (χ1v) is 19.1. The van der Waals surface area contributed by atoms with Crippen LogP contribution in [-0.4, -0.2) is 27.9 Å². The van der Waals surface area contributed by atoms with Gasteiger partial charge in [-0.15, -0.1) is 0 Å². The van der Waals surface area contributed by atoms with Gasteiger partial charge in [-0.05, 0) is 72.8 Å². The van der Waals surface area contributed by atoms with Gasteiger partial charge in [0.1, 0.15) is 0 Å². The summed E-state index contributed by atoms with van der Waals surface area (Å²) in [5.41, 5.74) is 15.5. The van der Waals surface area contributed by atoms with E-state index >= 15 is 0 Å². The van der Waals surface area contributed by atoms with Crippen molar-refractivity contribution >= 4 is 98.8 Å². The molecule has 0 aliphatic carbocycles. The number of nitrogens with zero attached hydrogens (tertiary/aromatic N) is 4. The molecule has 0 fully saturated rings. The number of H-pyrrole nitrogens is 2. The maximum atomic E-state index is 3.88. The monoisotopic (exact) mass is 716 g/mol. The number of fused-ring (bicyclic) bond motifs is 18. The van der Waals surface area contributed by atoms with Crippen LogP contribution in [0.1, 0.15) is 0 Å². The van der Waals surface area contributed by atoms with E-state index in [1.54, 1.807) is 0 Å². The summed E-state index contributed by atoms with van der Waals surface area (Å²) in [4.78, 5) is 7.75. The molecular formula is C50H32N6. The van der Waals surface area contributed by atoms with Gasteiger partial charge in [0.25, 0.3) is 0 Å². The standard InChI is InChI=1S/C50H32N6/c1-7-19-41-33(13-1)34-14-2-8-20-42(34)53(41)31-25-27-37-38-28-26-32(54-43-21-9-3-15-35(43)36-16-4-10-22-44(36)54)30-48(38)56-46-24-12-6-18-40(46)52-50(56)49-51-39-17-5-11-23-45(39)55(49)47(37)29-31/h1-30,51-52H. The molecule has 0 spiro atoms. The molecular weight excluding hydrogens is 685 g/mol. The summed E-state index contributed by atoms with van der Waals surface area (Å²) in [7, 11) is 0. The van der Waals surface area contributed by atoms with Crippen molar-refractivity contribution in [3.05, 3.63) is 182 Å². The summed E-state index contributed by atoms with van der Waals surface area (Å²) in [6.07, 6.45) is 0. The number of para-hydroxylation sites is 8. The normalized spacial score (nSPS) is 12.3. The first-order chi connectivity index (χ1) is 27.8. The second-order valence-electron chi connectivity index (χ2n) is 14.8. The van der Waals surface area contributed by atoms with Gasteiger partial charge in [-0.1, -0.05) is 109 Å². The van der Waals surface area contributed by atoms with Gasteiger partial charge in [-0.3, -0.25) is 8.80 Å². The molecule has 0 amide bonds. The molecule has 5 aromatic heterocycles. The molecule has 13 aromatic rings. The topological polar surface area (TPSA) is 50.3 Å². The van der Waals surface area contributed by atoms with Crippen LogP contribution in [-0.2, 0) is 0 Å². The third-order valence-corrected chi connectivity index (χ3v) is 11.9. The van der Waals surface area contributed by atoms with Crippen molar-refractivity contribution in [2.75, 3.05) is 0 Å². The van der Waals surface area contributed by atoms with Crippen LogP contribution >= 0.6 is 0 Å². The van der Waals surface area contributed by atoms with Crippen LogP contribution in [0.2, 0.25) is 0 Å². The van der Waals surface area contributed by atoms with Gasteiger partial charge in [0.2, 0.25) is 0 Å². The Morgan fingerprint density at radius 3 is 0.946 bits per heavy atom. The number of imidazole rings is 2. The van der Waals surface area contributed by atoms with E-state index in [4.69, 9.17) is 0 Å². The van der Waals surface area contributed by atoms with Gasteiger partial charge in [-0.25, -0.2) is 0 Å². The molecule has 13 rings (SSSR count). The fourth-order valence-corrected chi connectivity index (χ4v) is 9.53. The summed E-state index contributed by atoms with van der Waals surface area (Å²) in [6.45, 7) is 0. The van der Waals surface area contributed by atoms with E-state index in [0.29, 0.717) is 0 Å². The fraction of sp³-hybridized carbons (Fsp3) is 0. The molecule has 0 aliphatic heterocycles. The summed E-state index contributed by atoms with van der Waals surface area (Å²) in [5, 5.41) is 7.29. The van der Waals surface area contributed by atoms with E-state index in [0.717, 1.165) is 66.5 Å². The van der Waals surface area contributed by atoms with E-state index in [1.807, 2.05) is 0 Å². The number of hydrogen-bond acceptors (Lipinski definition) is 0. The van der Waals surface area contributed by atoms with E-state index in [2.05, 4.69) is 210 Å². The molecule has 2 N–H and O–H groups in total.